The molecule has 0 spiro atoms. The van der Waals surface area contributed by atoms with E-state index in [9.17, 15) is 4.79 Å². The van der Waals surface area contributed by atoms with E-state index in [4.69, 9.17) is 23.8 Å². The van der Waals surface area contributed by atoms with Crippen molar-refractivity contribution in [1.82, 2.24) is 10.3 Å². The molecule has 0 fully saturated rings. The van der Waals surface area contributed by atoms with E-state index in [1.807, 2.05) is 55.5 Å². The molecule has 4 rings (SSSR count). The molecule has 3 aromatic carbocycles. The topological polar surface area (TPSA) is 54.0 Å². The first kappa shape index (κ1) is 17.9. The van der Waals surface area contributed by atoms with Gasteiger partial charge in [-0.3, -0.25) is 10.1 Å². The predicted molar refractivity (Wildman–Crippen MR) is 117 cm³/mol. The smallest absolute Gasteiger partial charge is 0.258 e. The van der Waals surface area contributed by atoms with Gasteiger partial charge in [-0.15, -0.1) is 0 Å². The van der Waals surface area contributed by atoms with Gasteiger partial charge in [0.15, 0.2) is 10.2 Å². The second kappa shape index (κ2) is 7.23. The van der Waals surface area contributed by atoms with E-state index in [0.29, 0.717) is 15.7 Å². The number of thiazole rings is 1. The summed E-state index contributed by atoms with van der Waals surface area (Å²) < 4.78 is 1.00. The fourth-order valence-corrected chi connectivity index (χ4v) is 4.19. The fourth-order valence-electron chi connectivity index (χ4n) is 2.83. The van der Waals surface area contributed by atoms with E-state index in [-0.39, 0.29) is 11.0 Å². The van der Waals surface area contributed by atoms with Crippen LogP contribution in [0, 0.1) is 6.92 Å². The lowest BCUT2D eigenvalue weighted by Gasteiger charge is -2.09. The third-order valence-electron chi connectivity index (χ3n) is 4.15. The number of aromatic nitrogens is 1. The van der Waals surface area contributed by atoms with Crippen molar-refractivity contribution in [2.45, 2.75) is 6.92 Å². The molecule has 1 amide bonds. The first-order valence-corrected chi connectivity index (χ1v) is 9.78. The maximum atomic E-state index is 12.6. The number of carbonyl (C=O) groups excluding carboxylic acids is 1. The molecule has 4 nitrogen and oxygen atoms in total. The molecular weight excluding hydrogens is 398 g/mol. The van der Waals surface area contributed by atoms with Crippen molar-refractivity contribution in [2.75, 3.05) is 5.32 Å². The monoisotopic (exact) mass is 411 g/mol. The molecule has 0 aliphatic heterocycles. The second-order valence-corrected chi connectivity index (χ2v) is 7.87. The number of carbonyl (C=O) groups is 1. The molecular formula is C20H14ClN3OS2. The van der Waals surface area contributed by atoms with Crippen LogP contribution in [0.25, 0.3) is 21.0 Å². The van der Waals surface area contributed by atoms with Crippen LogP contribution in [0.5, 0.6) is 0 Å². The van der Waals surface area contributed by atoms with Crippen LogP contribution in [-0.4, -0.2) is 16.0 Å². The van der Waals surface area contributed by atoms with Crippen LogP contribution in [0.3, 0.4) is 0 Å². The predicted octanol–water partition coefficient (Wildman–Crippen LogP) is 5.54. The van der Waals surface area contributed by atoms with Crippen molar-refractivity contribution in [3.63, 3.8) is 0 Å². The van der Waals surface area contributed by atoms with Crippen molar-refractivity contribution in [3.8, 4) is 0 Å². The average molecular weight is 412 g/mol. The van der Waals surface area contributed by atoms with E-state index in [1.54, 1.807) is 6.07 Å². The number of nitrogens with one attached hydrogen (secondary N) is 2. The average Bonchev–Trinajstić information content (AvgIpc) is 3.02. The van der Waals surface area contributed by atoms with Crippen molar-refractivity contribution in [2.24, 2.45) is 0 Å². The third-order valence-corrected chi connectivity index (χ3v) is 5.70. The Labute approximate surface area is 170 Å². The van der Waals surface area contributed by atoms with E-state index in [0.717, 1.165) is 26.6 Å². The number of halogens is 1. The molecule has 1 heterocycles. The summed E-state index contributed by atoms with van der Waals surface area (Å²) in [5.74, 6) is -0.260. The zero-order valence-corrected chi connectivity index (χ0v) is 16.6. The normalized spacial score (nSPS) is 10.9. The lowest BCUT2D eigenvalue weighted by atomic mass is 10.0. The maximum Gasteiger partial charge on any atom is 0.258 e. The lowest BCUT2D eigenvalue weighted by molar-refractivity contribution is 0.0979. The molecule has 0 aliphatic carbocycles. The Morgan fingerprint density at radius 1 is 1.15 bits per heavy atom. The summed E-state index contributed by atoms with van der Waals surface area (Å²) >= 11 is 12.9. The number of hydrogen-bond acceptors (Lipinski definition) is 4. The van der Waals surface area contributed by atoms with Gasteiger partial charge in [0.1, 0.15) is 0 Å². The van der Waals surface area contributed by atoms with Crippen LogP contribution >= 0.6 is 35.2 Å². The van der Waals surface area contributed by atoms with Crippen molar-refractivity contribution in [1.29, 1.82) is 0 Å². The number of anilines is 1. The standard InChI is InChI=1S/C20H14ClN3OS2/c1-11-9-17-16(10-15(11)21)22-20(27-17)24-19(26)23-18(25)14-8-4-6-12-5-2-3-7-13(12)14/h2-10H,1H3,(H2,22,23,24,25,26). The summed E-state index contributed by atoms with van der Waals surface area (Å²) in [4.78, 5) is 17.1. The minimum absolute atomic E-state index is 0.204. The van der Waals surface area contributed by atoms with E-state index in [2.05, 4.69) is 15.6 Å². The van der Waals surface area contributed by atoms with Gasteiger partial charge in [-0.25, -0.2) is 4.98 Å². The molecule has 0 unspecified atom stereocenters. The number of fused-ring (bicyclic) bond motifs is 2. The van der Waals surface area contributed by atoms with Crippen LogP contribution in [0.2, 0.25) is 5.02 Å². The SMILES string of the molecule is Cc1cc2sc(NC(=S)NC(=O)c3cccc4ccccc34)nc2cc1Cl. The van der Waals surface area contributed by atoms with Crippen molar-refractivity contribution >= 4 is 72.3 Å². The van der Waals surface area contributed by atoms with E-state index < -0.39 is 0 Å². The van der Waals surface area contributed by atoms with Crippen LogP contribution < -0.4 is 10.6 Å². The van der Waals surface area contributed by atoms with Gasteiger partial charge in [-0.05, 0) is 53.7 Å². The molecule has 0 aliphatic rings. The van der Waals surface area contributed by atoms with Gasteiger partial charge in [0.25, 0.3) is 5.91 Å². The van der Waals surface area contributed by atoms with Gasteiger partial charge in [0.05, 0.1) is 10.2 Å². The van der Waals surface area contributed by atoms with Crippen molar-refractivity contribution < 1.29 is 4.79 Å². The van der Waals surface area contributed by atoms with E-state index >= 15 is 0 Å². The highest BCUT2D eigenvalue weighted by Crippen LogP contribution is 2.30. The molecule has 7 heteroatoms. The Hall–Kier alpha value is -2.54. The number of amides is 1. The van der Waals surface area contributed by atoms with Gasteiger partial charge in [0.2, 0.25) is 0 Å². The number of rotatable bonds is 2. The summed E-state index contributed by atoms with van der Waals surface area (Å²) in [7, 11) is 0. The lowest BCUT2D eigenvalue weighted by Crippen LogP contribution is -2.34. The molecule has 2 N–H and O–H groups in total. The number of benzene rings is 3. The molecule has 0 saturated carbocycles. The largest absolute Gasteiger partial charge is 0.308 e. The molecule has 27 heavy (non-hydrogen) atoms. The molecule has 0 atom stereocenters. The zero-order chi connectivity index (χ0) is 19.0. The van der Waals surface area contributed by atoms with E-state index in [1.165, 1.54) is 11.3 Å². The first-order valence-electron chi connectivity index (χ1n) is 8.18. The number of hydrogen-bond donors (Lipinski definition) is 2. The number of thiocarbonyl (C=S) groups is 1. The minimum atomic E-state index is -0.260. The Bertz CT molecular complexity index is 1160. The number of aryl methyl sites for hydroxylation is 1. The summed E-state index contributed by atoms with van der Waals surface area (Å²) in [6, 6.07) is 17.1. The van der Waals surface area contributed by atoms with Crippen molar-refractivity contribution in [3.05, 3.63) is 70.7 Å². The quantitative estimate of drug-likeness (QED) is 0.425. The van der Waals surface area contributed by atoms with Crippen LogP contribution in [0.4, 0.5) is 5.13 Å². The first-order chi connectivity index (χ1) is 13.0. The Morgan fingerprint density at radius 2 is 1.93 bits per heavy atom. The van der Waals surface area contributed by atoms with Gasteiger partial charge in [0, 0.05) is 10.6 Å². The highest BCUT2D eigenvalue weighted by atomic mass is 35.5. The van der Waals surface area contributed by atoms with Gasteiger partial charge in [-0.1, -0.05) is 59.3 Å². The van der Waals surface area contributed by atoms with Crippen LogP contribution in [0.15, 0.2) is 54.6 Å². The summed E-state index contributed by atoms with van der Waals surface area (Å²) in [5, 5.41) is 9.07. The summed E-state index contributed by atoms with van der Waals surface area (Å²) in [6.45, 7) is 1.95. The molecule has 4 aromatic rings. The molecule has 1 aromatic heterocycles. The highest BCUT2D eigenvalue weighted by Gasteiger charge is 2.13. The summed E-state index contributed by atoms with van der Waals surface area (Å²) in [6.07, 6.45) is 0. The Balaban J connectivity index is 1.53. The Kier molecular flexibility index (Phi) is 4.78. The Morgan fingerprint density at radius 3 is 2.78 bits per heavy atom. The summed E-state index contributed by atoms with van der Waals surface area (Å²) in [5.41, 5.74) is 2.36. The minimum Gasteiger partial charge on any atom is -0.308 e. The molecule has 0 bridgehead atoms. The second-order valence-electron chi connectivity index (χ2n) is 6.02. The zero-order valence-electron chi connectivity index (χ0n) is 14.2. The number of nitrogens with zero attached hydrogens (tertiary/aromatic N) is 1. The third kappa shape index (κ3) is 3.64. The molecule has 0 saturated heterocycles. The van der Waals surface area contributed by atoms with Gasteiger partial charge in [-0.2, -0.15) is 0 Å². The van der Waals surface area contributed by atoms with Crippen LogP contribution in [0.1, 0.15) is 15.9 Å². The molecule has 0 radical (unpaired) electrons. The highest BCUT2D eigenvalue weighted by molar-refractivity contribution is 7.80. The van der Waals surface area contributed by atoms with Crippen LogP contribution in [-0.2, 0) is 0 Å². The maximum absolute atomic E-state index is 12.6. The van der Waals surface area contributed by atoms with Gasteiger partial charge >= 0.3 is 0 Å². The fraction of sp³-hybridized carbons (Fsp3) is 0.0500. The van der Waals surface area contributed by atoms with Gasteiger partial charge < -0.3 is 5.32 Å². The molecule has 134 valence electrons.